The van der Waals surface area contributed by atoms with E-state index in [1.807, 2.05) is 0 Å². The van der Waals surface area contributed by atoms with Crippen LogP contribution in [0, 0.1) is 10.1 Å². The molecule has 0 aliphatic carbocycles. The number of methoxy groups -OCH3 is 1. The number of nitro benzene ring substituents is 1. The Bertz CT molecular complexity index is 825. The van der Waals surface area contributed by atoms with E-state index >= 15 is 0 Å². The minimum absolute atomic E-state index is 0.0161. The van der Waals surface area contributed by atoms with Crippen molar-refractivity contribution in [3.63, 3.8) is 0 Å². The Labute approximate surface area is 145 Å². The number of amides is 1. The van der Waals surface area contributed by atoms with Gasteiger partial charge in [0.15, 0.2) is 0 Å². The first-order valence-electron chi connectivity index (χ1n) is 7.24. The molecule has 10 heteroatoms. The molecule has 26 heavy (non-hydrogen) atoms. The number of rotatable bonds is 6. The third-order valence-corrected chi connectivity index (χ3v) is 3.31. The SMILES string of the molecule is COc1ccc([N+](=O)[O-])cc1NCC(=O)Nc1cccc(C(F)(F)F)c1. The number of benzene rings is 2. The largest absolute Gasteiger partial charge is 0.495 e. The fourth-order valence-electron chi connectivity index (χ4n) is 2.10. The lowest BCUT2D eigenvalue weighted by molar-refractivity contribution is -0.384. The summed E-state index contributed by atoms with van der Waals surface area (Å²) in [6.45, 7) is -0.326. The number of nitro groups is 1. The van der Waals surface area contributed by atoms with E-state index in [0.717, 1.165) is 12.1 Å². The normalized spacial score (nSPS) is 10.9. The van der Waals surface area contributed by atoms with Gasteiger partial charge in [0.2, 0.25) is 5.91 Å². The molecule has 0 aromatic heterocycles. The Balaban J connectivity index is 2.05. The Hall–Kier alpha value is -3.30. The van der Waals surface area contributed by atoms with Gasteiger partial charge in [-0.3, -0.25) is 14.9 Å². The number of ether oxygens (including phenoxy) is 1. The predicted molar refractivity (Wildman–Crippen MR) is 88.2 cm³/mol. The quantitative estimate of drug-likeness (QED) is 0.599. The summed E-state index contributed by atoms with van der Waals surface area (Å²) in [7, 11) is 1.36. The second-order valence-corrected chi connectivity index (χ2v) is 5.12. The molecule has 1 amide bonds. The maximum atomic E-state index is 12.7. The number of carbonyl (C=O) groups excluding carboxylic acids is 1. The van der Waals surface area contributed by atoms with E-state index in [2.05, 4.69) is 10.6 Å². The Kier molecular flexibility index (Phi) is 5.65. The molecular formula is C16H14F3N3O4. The molecular weight excluding hydrogens is 355 g/mol. The summed E-state index contributed by atoms with van der Waals surface area (Å²) in [6, 6.07) is 8.00. The maximum absolute atomic E-state index is 12.7. The van der Waals surface area contributed by atoms with Crippen LogP contribution in [0.1, 0.15) is 5.56 Å². The van der Waals surface area contributed by atoms with Crippen LogP contribution in [-0.2, 0) is 11.0 Å². The van der Waals surface area contributed by atoms with E-state index in [1.54, 1.807) is 0 Å². The minimum Gasteiger partial charge on any atom is -0.495 e. The molecule has 2 N–H and O–H groups in total. The number of nitrogens with zero attached hydrogens (tertiary/aromatic N) is 1. The first-order valence-corrected chi connectivity index (χ1v) is 7.24. The monoisotopic (exact) mass is 369 g/mol. The van der Waals surface area contributed by atoms with E-state index in [9.17, 15) is 28.1 Å². The van der Waals surface area contributed by atoms with Crippen molar-refractivity contribution in [1.29, 1.82) is 0 Å². The molecule has 0 saturated heterocycles. The molecule has 0 aliphatic rings. The third-order valence-electron chi connectivity index (χ3n) is 3.31. The highest BCUT2D eigenvalue weighted by atomic mass is 19.4. The summed E-state index contributed by atoms with van der Waals surface area (Å²) in [5.74, 6) is -0.347. The Morgan fingerprint density at radius 3 is 2.58 bits per heavy atom. The zero-order valence-corrected chi connectivity index (χ0v) is 13.5. The molecule has 0 aliphatic heterocycles. The summed E-state index contributed by atoms with van der Waals surface area (Å²) < 4.78 is 43.0. The number of halogens is 3. The highest BCUT2D eigenvalue weighted by Crippen LogP contribution is 2.31. The zero-order chi connectivity index (χ0) is 19.3. The van der Waals surface area contributed by atoms with E-state index < -0.39 is 22.6 Å². The van der Waals surface area contributed by atoms with E-state index in [-0.39, 0.29) is 29.4 Å². The first kappa shape index (κ1) is 19.0. The molecule has 0 bridgehead atoms. The van der Waals surface area contributed by atoms with Gasteiger partial charge in [0.1, 0.15) is 5.75 Å². The molecule has 2 aromatic rings. The zero-order valence-electron chi connectivity index (χ0n) is 13.5. The lowest BCUT2D eigenvalue weighted by Crippen LogP contribution is -2.22. The van der Waals surface area contributed by atoms with Gasteiger partial charge in [-0.1, -0.05) is 6.07 Å². The Morgan fingerprint density at radius 1 is 1.23 bits per heavy atom. The van der Waals surface area contributed by atoms with Crippen molar-refractivity contribution >= 4 is 23.0 Å². The topological polar surface area (TPSA) is 93.5 Å². The molecule has 0 radical (unpaired) electrons. The predicted octanol–water partition coefficient (Wildman–Crippen LogP) is 3.67. The van der Waals surface area contributed by atoms with Crippen LogP contribution in [0.15, 0.2) is 42.5 Å². The second kappa shape index (κ2) is 7.72. The lowest BCUT2D eigenvalue weighted by Gasteiger charge is -2.12. The number of carbonyl (C=O) groups is 1. The first-order chi connectivity index (χ1) is 12.2. The molecule has 0 heterocycles. The van der Waals surface area contributed by atoms with E-state index in [4.69, 9.17) is 4.74 Å². The van der Waals surface area contributed by atoms with Gasteiger partial charge in [-0.2, -0.15) is 13.2 Å². The number of anilines is 2. The number of hydrogen-bond donors (Lipinski definition) is 2. The molecule has 138 valence electrons. The third kappa shape index (κ3) is 4.85. The average molecular weight is 369 g/mol. The van der Waals surface area contributed by atoms with Crippen LogP contribution >= 0.6 is 0 Å². The summed E-state index contributed by atoms with van der Waals surface area (Å²) in [4.78, 5) is 22.1. The molecule has 0 spiro atoms. The van der Waals surface area contributed by atoms with Crippen LogP contribution in [0.3, 0.4) is 0 Å². The smallest absolute Gasteiger partial charge is 0.416 e. The second-order valence-electron chi connectivity index (χ2n) is 5.12. The summed E-state index contributed by atoms with van der Waals surface area (Å²) in [6.07, 6.45) is -4.52. The molecule has 0 fully saturated rings. The van der Waals surface area contributed by atoms with Crippen LogP contribution in [0.2, 0.25) is 0 Å². The fourth-order valence-corrected chi connectivity index (χ4v) is 2.10. The van der Waals surface area contributed by atoms with Gasteiger partial charge in [-0.15, -0.1) is 0 Å². The van der Waals surface area contributed by atoms with Crippen LogP contribution < -0.4 is 15.4 Å². The van der Waals surface area contributed by atoms with Gasteiger partial charge < -0.3 is 15.4 Å². The van der Waals surface area contributed by atoms with Crippen LogP contribution in [0.25, 0.3) is 0 Å². The van der Waals surface area contributed by atoms with Crippen molar-refractivity contribution in [3.8, 4) is 5.75 Å². The van der Waals surface area contributed by atoms with Crippen molar-refractivity contribution in [1.82, 2.24) is 0 Å². The Morgan fingerprint density at radius 2 is 1.96 bits per heavy atom. The van der Waals surface area contributed by atoms with Crippen molar-refractivity contribution in [3.05, 3.63) is 58.1 Å². The highest BCUT2D eigenvalue weighted by Gasteiger charge is 2.30. The maximum Gasteiger partial charge on any atom is 0.416 e. The number of non-ortho nitro benzene ring substituents is 1. The number of nitrogens with one attached hydrogen (secondary N) is 2. The van der Waals surface area contributed by atoms with Gasteiger partial charge in [0.25, 0.3) is 5.69 Å². The van der Waals surface area contributed by atoms with Crippen molar-refractivity contribution < 1.29 is 27.6 Å². The highest BCUT2D eigenvalue weighted by molar-refractivity contribution is 5.94. The van der Waals surface area contributed by atoms with Gasteiger partial charge in [0.05, 0.1) is 29.8 Å². The molecule has 0 saturated carbocycles. The summed E-state index contributed by atoms with van der Waals surface area (Å²) in [5, 5.41) is 15.8. The van der Waals surface area contributed by atoms with Gasteiger partial charge >= 0.3 is 6.18 Å². The van der Waals surface area contributed by atoms with Gasteiger partial charge in [-0.05, 0) is 24.3 Å². The number of hydrogen-bond acceptors (Lipinski definition) is 5. The fraction of sp³-hybridized carbons (Fsp3) is 0.188. The van der Waals surface area contributed by atoms with E-state index in [0.29, 0.717) is 0 Å². The lowest BCUT2D eigenvalue weighted by atomic mass is 10.2. The molecule has 0 unspecified atom stereocenters. The molecule has 0 atom stereocenters. The van der Waals surface area contributed by atoms with Crippen LogP contribution in [0.4, 0.5) is 30.2 Å². The van der Waals surface area contributed by atoms with Crippen LogP contribution in [-0.4, -0.2) is 24.5 Å². The minimum atomic E-state index is -4.52. The van der Waals surface area contributed by atoms with E-state index in [1.165, 1.54) is 37.4 Å². The molecule has 7 nitrogen and oxygen atoms in total. The summed E-state index contributed by atoms with van der Waals surface area (Å²) in [5.41, 5.74) is -0.895. The molecule has 2 rings (SSSR count). The standard InChI is InChI=1S/C16H14F3N3O4/c1-26-14-6-5-12(22(24)25)8-13(14)20-9-15(23)21-11-4-2-3-10(7-11)16(17,18)19/h2-8,20H,9H2,1H3,(H,21,23). The van der Waals surface area contributed by atoms with Crippen molar-refractivity contribution in [2.24, 2.45) is 0 Å². The van der Waals surface area contributed by atoms with Gasteiger partial charge in [-0.25, -0.2) is 0 Å². The van der Waals surface area contributed by atoms with Crippen LogP contribution in [0.5, 0.6) is 5.75 Å². The molecule has 2 aromatic carbocycles. The van der Waals surface area contributed by atoms with Crippen molar-refractivity contribution in [2.45, 2.75) is 6.18 Å². The summed E-state index contributed by atoms with van der Waals surface area (Å²) >= 11 is 0. The average Bonchev–Trinajstić information content (AvgIpc) is 2.59. The van der Waals surface area contributed by atoms with Gasteiger partial charge in [0, 0.05) is 17.8 Å². The van der Waals surface area contributed by atoms with Crippen molar-refractivity contribution in [2.75, 3.05) is 24.3 Å². The number of alkyl halides is 3.